The lowest BCUT2D eigenvalue weighted by molar-refractivity contribution is 0.187. The van der Waals surface area contributed by atoms with Crippen LogP contribution < -0.4 is 11.5 Å². The molecular formula is C9H12FN3O. The van der Waals surface area contributed by atoms with Crippen LogP contribution in [0.5, 0.6) is 0 Å². The average molecular weight is 195 g/mol. The number of hydrogen-bond donors (Lipinski definition) is 3. The van der Waals surface area contributed by atoms with E-state index < -0.39 is 6.10 Å². The molecule has 0 aliphatic carbocycles. The average Bonchev–Trinajstić information content (AvgIpc) is 2.15. The van der Waals surface area contributed by atoms with Gasteiger partial charge in [-0.15, -0.1) is 0 Å². The van der Waals surface area contributed by atoms with Gasteiger partial charge in [-0.3, -0.25) is 4.99 Å². The van der Waals surface area contributed by atoms with Gasteiger partial charge in [0.05, 0.1) is 12.6 Å². The topological polar surface area (TPSA) is 84.6 Å². The van der Waals surface area contributed by atoms with Gasteiger partial charge in [-0.05, 0) is 17.7 Å². The third kappa shape index (κ3) is 3.02. The van der Waals surface area contributed by atoms with Crippen LogP contribution in [-0.2, 0) is 0 Å². The first-order chi connectivity index (χ1) is 6.59. The summed E-state index contributed by atoms with van der Waals surface area (Å²) in [6, 6.07) is 5.52. The fourth-order valence-corrected chi connectivity index (χ4v) is 0.982. The fourth-order valence-electron chi connectivity index (χ4n) is 0.982. The number of nitrogens with zero attached hydrogens (tertiary/aromatic N) is 1. The molecule has 0 aromatic heterocycles. The quantitative estimate of drug-likeness (QED) is 0.473. The largest absolute Gasteiger partial charge is 0.386 e. The van der Waals surface area contributed by atoms with Crippen molar-refractivity contribution in [1.29, 1.82) is 0 Å². The zero-order valence-electron chi connectivity index (χ0n) is 7.52. The van der Waals surface area contributed by atoms with Crippen molar-refractivity contribution in [3.8, 4) is 0 Å². The molecule has 0 saturated heterocycles. The maximum Gasteiger partial charge on any atom is 0.186 e. The maximum atomic E-state index is 12.5. The van der Waals surface area contributed by atoms with Gasteiger partial charge in [-0.1, -0.05) is 12.1 Å². The van der Waals surface area contributed by atoms with E-state index in [9.17, 15) is 9.50 Å². The second kappa shape index (κ2) is 4.57. The van der Waals surface area contributed by atoms with E-state index in [1.165, 1.54) is 24.3 Å². The Morgan fingerprint density at radius 1 is 1.36 bits per heavy atom. The van der Waals surface area contributed by atoms with E-state index in [2.05, 4.69) is 4.99 Å². The van der Waals surface area contributed by atoms with Gasteiger partial charge in [0.1, 0.15) is 5.82 Å². The number of aliphatic imine (C=N–C) groups is 1. The molecule has 0 radical (unpaired) electrons. The molecular weight excluding hydrogens is 183 g/mol. The summed E-state index contributed by atoms with van der Waals surface area (Å²) in [5, 5.41) is 9.52. The zero-order chi connectivity index (χ0) is 10.6. The highest BCUT2D eigenvalue weighted by Crippen LogP contribution is 2.13. The molecule has 0 spiro atoms. The Labute approximate surface area is 81.1 Å². The van der Waals surface area contributed by atoms with Crippen LogP contribution in [0.1, 0.15) is 11.7 Å². The number of benzene rings is 1. The Bertz CT molecular complexity index is 319. The van der Waals surface area contributed by atoms with Gasteiger partial charge < -0.3 is 16.6 Å². The molecule has 0 amide bonds. The van der Waals surface area contributed by atoms with Gasteiger partial charge >= 0.3 is 0 Å². The summed E-state index contributed by atoms with van der Waals surface area (Å²) >= 11 is 0. The molecule has 5 heteroatoms. The minimum atomic E-state index is -0.808. The summed E-state index contributed by atoms with van der Waals surface area (Å²) in [4.78, 5) is 3.65. The zero-order valence-corrected chi connectivity index (χ0v) is 7.52. The second-order valence-electron chi connectivity index (χ2n) is 2.83. The molecule has 1 atom stereocenters. The number of rotatable bonds is 3. The van der Waals surface area contributed by atoms with Gasteiger partial charge in [0.2, 0.25) is 0 Å². The van der Waals surface area contributed by atoms with Crippen molar-refractivity contribution in [2.24, 2.45) is 16.5 Å². The van der Waals surface area contributed by atoms with Crippen LogP contribution in [-0.4, -0.2) is 17.6 Å². The Morgan fingerprint density at radius 3 is 2.43 bits per heavy atom. The molecule has 1 rings (SSSR count). The Balaban J connectivity index is 2.65. The maximum absolute atomic E-state index is 12.5. The molecule has 0 aliphatic rings. The molecule has 14 heavy (non-hydrogen) atoms. The number of nitrogens with two attached hydrogens (primary N) is 2. The van der Waals surface area contributed by atoms with E-state index in [-0.39, 0.29) is 18.3 Å². The van der Waals surface area contributed by atoms with Crippen molar-refractivity contribution in [2.75, 3.05) is 6.54 Å². The molecule has 4 nitrogen and oxygen atoms in total. The third-order valence-corrected chi connectivity index (χ3v) is 1.70. The number of guanidine groups is 1. The number of hydrogen-bond acceptors (Lipinski definition) is 2. The molecule has 1 unspecified atom stereocenters. The lowest BCUT2D eigenvalue weighted by Gasteiger charge is -2.07. The molecule has 1 aromatic carbocycles. The third-order valence-electron chi connectivity index (χ3n) is 1.70. The normalized spacial score (nSPS) is 12.1. The molecule has 0 bridgehead atoms. The van der Waals surface area contributed by atoms with Gasteiger partial charge in [0, 0.05) is 0 Å². The van der Waals surface area contributed by atoms with Gasteiger partial charge in [-0.2, -0.15) is 0 Å². The molecule has 0 saturated carbocycles. The van der Waals surface area contributed by atoms with E-state index in [0.29, 0.717) is 5.56 Å². The summed E-state index contributed by atoms with van der Waals surface area (Å²) in [6.45, 7) is 0.0773. The number of aliphatic hydroxyl groups excluding tert-OH is 1. The van der Waals surface area contributed by atoms with Crippen molar-refractivity contribution in [3.63, 3.8) is 0 Å². The molecule has 0 fully saturated rings. The SMILES string of the molecule is NC(N)=N[11CH2][11CH](O)c1ccc(F)cc1. The van der Waals surface area contributed by atoms with Crippen LogP contribution in [0.15, 0.2) is 29.3 Å². The lowest BCUT2D eigenvalue weighted by atomic mass is 9.52. The molecule has 0 heterocycles. The van der Waals surface area contributed by atoms with Crippen LogP contribution in [0.3, 0.4) is 0 Å². The fraction of sp³-hybridized carbons (Fsp3) is 0.222. The van der Waals surface area contributed by atoms with Crippen LogP contribution >= 0.6 is 0 Å². The first kappa shape index (κ1) is 10.5. The minimum absolute atomic E-state index is 0.0773. The van der Waals surface area contributed by atoms with Gasteiger partial charge in [-0.25, -0.2) is 4.39 Å². The Morgan fingerprint density at radius 2 is 1.93 bits per heavy atom. The molecule has 5 N–H and O–H groups in total. The highest BCUT2D eigenvalue weighted by Gasteiger charge is 2.05. The predicted octanol–water partition coefficient (Wildman–Crippen LogP) is 0.133. The number of aliphatic hydroxyl groups is 1. The van der Waals surface area contributed by atoms with Crippen molar-refractivity contribution < 1.29 is 9.50 Å². The van der Waals surface area contributed by atoms with Crippen LogP contribution in [0, 0.1) is 5.82 Å². The van der Waals surface area contributed by atoms with Gasteiger partial charge in [0.15, 0.2) is 5.96 Å². The highest BCUT2D eigenvalue weighted by atomic mass is 19.1. The van der Waals surface area contributed by atoms with Gasteiger partial charge in [0.25, 0.3) is 0 Å². The summed E-state index contributed by atoms with van der Waals surface area (Å²) < 4.78 is 12.5. The van der Waals surface area contributed by atoms with E-state index in [0.717, 1.165) is 0 Å². The number of halogens is 1. The molecule has 0 aliphatic heterocycles. The predicted molar refractivity (Wildman–Crippen MR) is 52.0 cm³/mol. The monoisotopic (exact) mass is 195 g/mol. The van der Waals surface area contributed by atoms with Crippen molar-refractivity contribution in [3.05, 3.63) is 35.6 Å². The van der Waals surface area contributed by atoms with Crippen molar-refractivity contribution in [1.82, 2.24) is 0 Å². The smallest absolute Gasteiger partial charge is 0.186 e. The van der Waals surface area contributed by atoms with Crippen LogP contribution in [0.4, 0.5) is 4.39 Å². The standard InChI is InChI=1S/C9H12FN3O/c10-7-3-1-6(2-4-7)8(14)5-13-9(11)12/h1-4,8,14H,5H2,(H4,11,12,13)/i5-1,8-1. The van der Waals surface area contributed by atoms with E-state index in [1.54, 1.807) is 0 Å². The first-order valence-corrected chi connectivity index (χ1v) is 4.08. The summed E-state index contributed by atoms with van der Waals surface area (Å²) in [5.41, 5.74) is 10.8. The van der Waals surface area contributed by atoms with E-state index in [1.807, 2.05) is 0 Å². The second-order valence-corrected chi connectivity index (χ2v) is 2.83. The highest BCUT2D eigenvalue weighted by molar-refractivity contribution is 5.75. The van der Waals surface area contributed by atoms with E-state index in [4.69, 9.17) is 11.5 Å². The summed E-state index contributed by atoms with van der Waals surface area (Å²) in [5.74, 6) is -0.422. The van der Waals surface area contributed by atoms with E-state index >= 15 is 0 Å². The van der Waals surface area contributed by atoms with Crippen molar-refractivity contribution >= 4 is 5.96 Å². The molecule has 76 valence electrons. The Kier molecular flexibility index (Phi) is 3.41. The Hall–Kier alpha value is -1.62. The minimum Gasteiger partial charge on any atom is -0.386 e. The molecule has 1 aromatic rings. The first-order valence-electron chi connectivity index (χ1n) is 4.08. The summed E-state index contributed by atoms with van der Waals surface area (Å²) in [6.07, 6.45) is -0.808. The summed E-state index contributed by atoms with van der Waals surface area (Å²) in [7, 11) is 0. The lowest BCUT2D eigenvalue weighted by Crippen LogP contribution is -2.23. The van der Waals surface area contributed by atoms with Crippen LogP contribution in [0.2, 0.25) is 0 Å². The van der Waals surface area contributed by atoms with Crippen LogP contribution in [0.25, 0.3) is 0 Å². The van der Waals surface area contributed by atoms with Crippen molar-refractivity contribution in [2.45, 2.75) is 6.10 Å².